The second-order valence-corrected chi connectivity index (χ2v) is 6.99. The first-order valence-electron chi connectivity index (χ1n) is 8.85. The van der Waals surface area contributed by atoms with Crippen molar-refractivity contribution in [1.82, 2.24) is 0 Å². The van der Waals surface area contributed by atoms with Gasteiger partial charge in [0, 0.05) is 18.1 Å². The molecule has 1 heterocycles. The maximum Gasteiger partial charge on any atom is 0.189 e. The topological polar surface area (TPSA) is 68.6 Å². The van der Waals surface area contributed by atoms with E-state index in [1.54, 1.807) is 6.08 Å². The molecule has 0 amide bonds. The monoisotopic (exact) mass is 371 g/mol. The van der Waals surface area contributed by atoms with E-state index in [1.165, 1.54) is 25.3 Å². The predicted octanol–water partition coefficient (Wildman–Crippen LogP) is 3.68. The molecule has 1 aliphatic heterocycles. The second-order valence-electron chi connectivity index (χ2n) is 6.99. The van der Waals surface area contributed by atoms with Gasteiger partial charge in [0.1, 0.15) is 29.0 Å². The van der Waals surface area contributed by atoms with Gasteiger partial charge in [0.2, 0.25) is 0 Å². The lowest BCUT2D eigenvalue weighted by atomic mass is 9.71. The van der Waals surface area contributed by atoms with Crippen molar-refractivity contribution in [2.24, 2.45) is 11.8 Å². The van der Waals surface area contributed by atoms with Crippen LogP contribution in [0.4, 0.5) is 4.39 Å². The van der Waals surface area contributed by atoms with E-state index in [2.05, 4.69) is 6.58 Å². The Hall–Kier alpha value is -2.65. The SMILES string of the molecule is C=CCC1C[C@]2([C@@H](C)Cc3cc(C#N)c(OC)cc3F)OCOC2=CC1=O. The molecule has 0 aromatic heterocycles. The first-order valence-corrected chi connectivity index (χ1v) is 8.85. The third kappa shape index (κ3) is 3.35. The number of fused-ring (bicyclic) bond motifs is 1. The minimum absolute atomic E-state index is 0.000574. The number of hydrogen-bond donors (Lipinski definition) is 0. The van der Waals surface area contributed by atoms with Gasteiger partial charge < -0.3 is 14.2 Å². The van der Waals surface area contributed by atoms with Gasteiger partial charge in [-0.05, 0) is 36.8 Å². The van der Waals surface area contributed by atoms with E-state index < -0.39 is 11.4 Å². The molecule has 1 aliphatic carbocycles. The van der Waals surface area contributed by atoms with Crippen LogP contribution >= 0.6 is 0 Å². The summed E-state index contributed by atoms with van der Waals surface area (Å²) in [6.07, 6.45) is 4.58. The minimum atomic E-state index is -0.777. The summed E-state index contributed by atoms with van der Waals surface area (Å²) in [7, 11) is 1.40. The van der Waals surface area contributed by atoms with Gasteiger partial charge in [-0.1, -0.05) is 13.0 Å². The zero-order valence-corrected chi connectivity index (χ0v) is 15.5. The molecule has 6 heteroatoms. The molecule has 1 unspecified atom stereocenters. The maximum atomic E-state index is 14.5. The van der Waals surface area contributed by atoms with Crippen LogP contribution in [0.15, 0.2) is 36.6 Å². The van der Waals surface area contributed by atoms with Crippen molar-refractivity contribution in [2.75, 3.05) is 13.9 Å². The third-order valence-electron chi connectivity index (χ3n) is 5.44. The molecular weight excluding hydrogens is 349 g/mol. The fraction of sp³-hybridized carbons (Fsp3) is 0.429. The van der Waals surface area contributed by atoms with E-state index in [-0.39, 0.29) is 35.7 Å². The molecule has 5 nitrogen and oxygen atoms in total. The van der Waals surface area contributed by atoms with Crippen molar-refractivity contribution in [1.29, 1.82) is 5.26 Å². The number of ketones is 1. The smallest absolute Gasteiger partial charge is 0.189 e. The Kier molecular flexibility index (Phi) is 5.33. The molecule has 0 radical (unpaired) electrons. The summed E-state index contributed by atoms with van der Waals surface area (Å²) in [5.41, 5.74) is -0.0941. The Morgan fingerprint density at radius 2 is 2.33 bits per heavy atom. The van der Waals surface area contributed by atoms with E-state index >= 15 is 0 Å². The molecule has 3 atom stereocenters. The zero-order chi connectivity index (χ0) is 19.6. The molecular formula is C21H22FNO4. The van der Waals surface area contributed by atoms with Crippen LogP contribution in [0.2, 0.25) is 0 Å². The Morgan fingerprint density at radius 3 is 3.00 bits per heavy atom. The van der Waals surface area contributed by atoms with Crippen molar-refractivity contribution < 1.29 is 23.4 Å². The number of benzene rings is 1. The van der Waals surface area contributed by atoms with E-state index in [9.17, 15) is 14.4 Å². The van der Waals surface area contributed by atoms with Gasteiger partial charge in [0.15, 0.2) is 12.6 Å². The fourth-order valence-electron chi connectivity index (χ4n) is 3.92. The average molecular weight is 371 g/mol. The van der Waals surface area contributed by atoms with Crippen molar-refractivity contribution in [3.63, 3.8) is 0 Å². The Balaban J connectivity index is 1.92. The first-order chi connectivity index (χ1) is 12.9. The van der Waals surface area contributed by atoms with Crippen LogP contribution in [-0.2, 0) is 20.7 Å². The average Bonchev–Trinajstić information content (AvgIpc) is 3.07. The number of carbonyl (C=O) groups excluding carboxylic acids is 1. The van der Waals surface area contributed by atoms with Crippen molar-refractivity contribution in [2.45, 2.75) is 31.8 Å². The van der Waals surface area contributed by atoms with Crippen LogP contribution in [0.1, 0.15) is 30.9 Å². The fourth-order valence-corrected chi connectivity index (χ4v) is 3.92. The van der Waals surface area contributed by atoms with Crippen LogP contribution in [0.25, 0.3) is 0 Å². The number of hydrogen-bond acceptors (Lipinski definition) is 5. The molecule has 142 valence electrons. The summed E-state index contributed by atoms with van der Waals surface area (Å²) >= 11 is 0. The Bertz CT molecular complexity index is 841. The van der Waals surface area contributed by atoms with Crippen LogP contribution in [-0.4, -0.2) is 25.3 Å². The highest BCUT2D eigenvalue weighted by Crippen LogP contribution is 2.46. The minimum Gasteiger partial charge on any atom is -0.495 e. The summed E-state index contributed by atoms with van der Waals surface area (Å²) in [5.74, 6) is -0.116. The number of halogens is 1. The summed E-state index contributed by atoms with van der Waals surface area (Å²) in [4.78, 5) is 12.3. The molecule has 2 aliphatic rings. The maximum absolute atomic E-state index is 14.5. The predicted molar refractivity (Wildman–Crippen MR) is 96.3 cm³/mol. The number of methoxy groups -OCH3 is 1. The Morgan fingerprint density at radius 1 is 1.56 bits per heavy atom. The molecule has 3 rings (SSSR count). The molecule has 27 heavy (non-hydrogen) atoms. The molecule has 0 spiro atoms. The zero-order valence-electron chi connectivity index (χ0n) is 15.5. The first kappa shape index (κ1) is 19.1. The van der Waals surface area contributed by atoms with Gasteiger partial charge in [-0.15, -0.1) is 6.58 Å². The summed E-state index contributed by atoms with van der Waals surface area (Å²) in [5, 5.41) is 9.27. The highest BCUT2D eigenvalue weighted by atomic mass is 19.1. The number of nitriles is 1. The summed E-state index contributed by atoms with van der Waals surface area (Å²) in [6, 6.07) is 4.76. The number of allylic oxidation sites excluding steroid dienone is 2. The van der Waals surface area contributed by atoms with Crippen molar-refractivity contribution >= 4 is 5.78 Å². The van der Waals surface area contributed by atoms with Gasteiger partial charge in [0.05, 0.1) is 12.7 Å². The van der Waals surface area contributed by atoms with E-state index in [0.717, 1.165) is 0 Å². The van der Waals surface area contributed by atoms with Crippen molar-refractivity contribution in [3.05, 3.63) is 53.6 Å². The molecule has 0 bridgehead atoms. The molecule has 1 aromatic carbocycles. The van der Waals surface area contributed by atoms with Gasteiger partial charge in [-0.2, -0.15) is 5.26 Å². The van der Waals surface area contributed by atoms with Gasteiger partial charge in [-0.3, -0.25) is 4.79 Å². The lowest BCUT2D eigenvalue weighted by molar-refractivity contribution is -0.123. The standard InChI is InChI=1S/C21H22FNO4/c1-4-5-14-10-21(20(9-18(14)24)26-12-27-21)13(2)6-15-7-16(11-23)19(25-3)8-17(15)22/h4,7-9,13-14H,1,5-6,10,12H2,2-3H3/t13-,14?,21+/m0/s1. The van der Waals surface area contributed by atoms with E-state index in [4.69, 9.17) is 14.2 Å². The number of rotatable bonds is 6. The van der Waals surface area contributed by atoms with Crippen LogP contribution < -0.4 is 4.74 Å². The Labute approximate surface area is 158 Å². The lowest BCUT2D eigenvalue weighted by Crippen LogP contribution is -2.45. The highest BCUT2D eigenvalue weighted by molar-refractivity contribution is 5.93. The van der Waals surface area contributed by atoms with Gasteiger partial charge >= 0.3 is 0 Å². The lowest BCUT2D eigenvalue weighted by Gasteiger charge is -2.38. The number of ether oxygens (including phenoxy) is 3. The molecule has 1 saturated heterocycles. The molecule has 1 fully saturated rings. The normalized spacial score (nSPS) is 25.0. The van der Waals surface area contributed by atoms with E-state index in [1.807, 2.05) is 13.0 Å². The highest BCUT2D eigenvalue weighted by Gasteiger charge is 2.51. The number of nitrogens with zero attached hydrogens (tertiary/aromatic N) is 1. The molecule has 0 saturated carbocycles. The largest absolute Gasteiger partial charge is 0.495 e. The van der Waals surface area contributed by atoms with Gasteiger partial charge in [0.25, 0.3) is 0 Å². The van der Waals surface area contributed by atoms with E-state index in [0.29, 0.717) is 30.6 Å². The van der Waals surface area contributed by atoms with Crippen LogP contribution in [0, 0.1) is 29.0 Å². The quantitative estimate of drug-likeness (QED) is 0.714. The number of carbonyl (C=O) groups is 1. The summed E-state index contributed by atoms with van der Waals surface area (Å²) < 4.78 is 31.1. The second kappa shape index (κ2) is 7.53. The third-order valence-corrected chi connectivity index (χ3v) is 5.44. The molecule has 1 aromatic rings. The van der Waals surface area contributed by atoms with Crippen molar-refractivity contribution in [3.8, 4) is 11.8 Å². The van der Waals surface area contributed by atoms with Crippen LogP contribution in [0.5, 0.6) is 5.75 Å². The van der Waals surface area contributed by atoms with Gasteiger partial charge in [-0.25, -0.2) is 4.39 Å². The molecule has 0 N–H and O–H groups in total. The summed E-state index contributed by atoms with van der Waals surface area (Å²) in [6.45, 7) is 5.73. The van der Waals surface area contributed by atoms with Crippen LogP contribution in [0.3, 0.4) is 0 Å².